The predicted octanol–water partition coefficient (Wildman–Crippen LogP) is 3.03. The summed E-state index contributed by atoms with van der Waals surface area (Å²) in [4.78, 5) is 6.73. The molecule has 2 atom stereocenters. The van der Waals surface area contributed by atoms with Gasteiger partial charge in [-0.1, -0.05) is 19.9 Å². The zero-order valence-corrected chi connectivity index (χ0v) is 11.6. The molecule has 1 aliphatic heterocycles. The maximum atomic E-state index is 5.69. The third-order valence-corrected chi connectivity index (χ3v) is 2.64. The minimum atomic E-state index is 0.289. The number of pyridine rings is 1. The lowest BCUT2D eigenvalue weighted by atomic mass is 10.2. The van der Waals surface area contributed by atoms with Crippen LogP contribution in [0.5, 0.6) is 0 Å². The molecule has 2 heterocycles. The Morgan fingerprint density at radius 2 is 1.76 bits per heavy atom. The molecule has 0 amide bonds. The van der Waals surface area contributed by atoms with Crippen molar-refractivity contribution in [3.05, 3.63) is 23.9 Å². The van der Waals surface area contributed by atoms with E-state index in [2.05, 4.69) is 42.8 Å². The molecule has 1 aliphatic rings. The van der Waals surface area contributed by atoms with Crippen LogP contribution in [0.25, 0.3) is 0 Å². The summed E-state index contributed by atoms with van der Waals surface area (Å²) in [6, 6.07) is 4.19. The smallest absolute Gasteiger partial charge is 0.128 e. The van der Waals surface area contributed by atoms with Crippen LogP contribution in [-0.4, -0.2) is 30.3 Å². The van der Waals surface area contributed by atoms with Crippen LogP contribution in [0.3, 0.4) is 0 Å². The van der Waals surface area contributed by atoms with E-state index in [1.165, 1.54) is 5.56 Å². The first-order chi connectivity index (χ1) is 8.15. The molecule has 2 rings (SSSR count). The lowest BCUT2D eigenvalue weighted by Crippen LogP contribution is -2.45. The molecule has 2 unspecified atom stereocenters. The number of rotatable bonds is 1. The third kappa shape index (κ3) is 4.00. The van der Waals surface area contributed by atoms with E-state index in [-0.39, 0.29) is 12.2 Å². The van der Waals surface area contributed by atoms with E-state index in [0.29, 0.717) is 0 Å². The van der Waals surface area contributed by atoms with Gasteiger partial charge in [-0.2, -0.15) is 0 Å². The van der Waals surface area contributed by atoms with Gasteiger partial charge in [0.15, 0.2) is 0 Å². The highest BCUT2D eigenvalue weighted by Crippen LogP contribution is 2.17. The second kappa shape index (κ2) is 6.60. The number of aromatic nitrogens is 1. The van der Waals surface area contributed by atoms with Crippen molar-refractivity contribution in [1.82, 2.24) is 4.98 Å². The predicted molar refractivity (Wildman–Crippen MR) is 72.5 cm³/mol. The highest BCUT2D eigenvalue weighted by molar-refractivity contribution is 5.39. The molecule has 0 bridgehead atoms. The van der Waals surface area contributed by atoms with Crippen LogP contribution >= 0.6 is 0 Å². The topological polar surface area (TPSA) is 25.4 Å². The summed E-state index contributed by atoms with van der Waals surface area (Å²) in [5.74, 6) is 1.06. The Bertz CT molecular complexity index is 313. The number of anilines is 1. The Labute approximate surface area is 105 Å². The fourth-order valence-corrected chi connectivity index (χ4v) is 2.01. The van der Waals surface area contributed by atoms with Crippen molar-refractivity contribution in [3.63, 3.8) is 0 Å². The first kappa shape index (κ1) is 14.0. The van der Waals surface area contributed by atoms with Crippen LogP contribution in [0, 0.1) is 6.92 Å². The van der Waals surface area contributed by atoms with Crippen molar-refractivity contribution in [2.24, 2.45) is 0 Å². The Hall–Kier alpha value is -1.09. The lowest BCUT2D eigenvalue weighted by Gasteiger charge is -2.36. The van der Waals surface area contributed by atoms with Gasteiger partial charge in [-0.15, -0.1) is 0 Å². The standard InChI is InChI=1S/C12H18N2O.C2H6/c1-9-4-5-12(13-6-9)14-7-10(2)15-11(3)8-14;1-2/h4-6,10-11H,7-8H2,1-3H3;1-2H3. The van der Waals surface area contributed by atoms with Crippen molar-refractivity contribution in [1.29, 1.82) is 0 Å². The zero-order chi connectivity index (χ0) is 12.8. The second-order valence-electron chi connectivity index (χ2n) is 4.36. The van der Waals surface area contributed by atoms with Gasteiger partial charge in [-0.05, 0) is 32.4 Å². The van der Waals surface area contributed by atoms with Gasteiger partial charge < -0.3 is 9.64 Å². The minimum Gasteiger partial charge on any atom is -0.372 e. The lowest BCUT2D eigenvalue weighted by molar-refractivity contribution is -0.00545. The summed E-state index contributed by atoms with van der Waals surface area (Å²) >= 11 is 0. The van der Waals surface area contributed by atoms with Crippen molar-refractivity contribution >= 4 is 5.82 Å². The maximum Gasteiger partial charge on any atom is 0.128 e. The highest BCUT2D eigenvalue weighted by Gasteiger charge is 2.22. The molecule has 1 fully saturated rings. The van der Waals surface area contributed by atoms with E-state index in [1.807, 2.05) is 20.0 Å². The van der Waals surface area contributed by atoms with E-state index < -0.39 is 0 Å². The van der Waals surface area contributed by atoms with E-state index >= 15 is 0 Å². The minimum absolute atomic E-state index is 0.289. The third-order valence-electron chi connectivity index (χ3n) is 2.64. The molecule has 0 N–H and O–H groups in total. The number of nitrogens with zero attached hydrogens (tertiary/aromatic N) is 2. The second-order valence-corrected chi connectivity index (χ2v) is 4.36. The summed E-state index contributed by atoms with van der Waals surface area (Å²) in [5.41, 5.74) is 1.20. The number of hydrogen-bond acceptors (Lipinski definition) is 3. The summed E-state index contributed by atoms with van der Waals surface area (Å²) in [7, 11) is 0. The van der Waals surface area contributed by atoms with Gasteiger partial charge in [0, 0.05) is 19.3 Å². The van der Waals surface area contributed by atoms with E-state index in [0.717, 1.165) is 18.9 Å². The van der Waals surface area contributed by atoms with Gasteiger partial charge in [-0.3, -0.25) is 0 Å². The molecule has 96 valence electrons. The Kier molecular flexibility index (Phi) is 5.42. The monoisotopic (exact) mass is 236 g/mol. The summed E-state index contributed by atoms with van der Waals surface area (Å²) < 4.78 is 5.69. The molecule has 3 heteroatoms. The molecule has 0 spiro atoms. The Morgan fingerprint density at radius 3 is 2.24 bits per heavy atom. The van der Waals surface area contributed by atoms with Crippen molar-refractivity contribution in [2.45, 2.75) is 46.8 Å². The number of morpholine rings is 1. The molecule has 0 saturated carbocycles. The molecule has 1 aromatic heterocycles. The average molecular weight is 236 g/mol. The van der Waals surface area contributed by atoms with Crippen molar-refractivity contribution in [2.75, 3.05) is 18.0 Å². The number of hydrogen-bond donors (Lipinski definition) is 0. The van der Waals surface area contributed by atoms with Crippen molar-refractivity contribution < 1.29 is 4.74 Å². The van der Waals surface area contributed by atoms with Crippen LogP contribution in [-0.2, 0) is 4.74 Å². The first-order valence-electron chi connectivity index (χ1n) is 6.48. The normalized spacial score (nSPS) is 23.9. The van der Waals surface area contributed by atoms with Gasteiger partial charge in [0.05, 0.1) is 12.2 Å². The van der Waals surface area contributed by atoms with Crippen LogP contribution < -0.4 is 4.90 Å². The van der Waals surface area contributed by atoms with E-state index in [4.69, 9.17) is 4.74 Å². The molecule has 0 radical (unpaired) electrons. The van der Waals surface area contributed by atoms with E-state index in [9.17, 15) is 0 Å². The quantitative estimate of drug-likeness (QED) is 0.749. The number of ether oxygens (including phenoxy) is 1. The van der Waals surface area contributed by atoms with Gasteiger partial charge in [0.1, 0.15) is 5.82 Å². The molecular formula is C14H24N2O. The van der Waals surface area contributed by atoms with E-state index in [1.54, 1.807) is 0 Å². The molecule has 1 aromatic rings. The fourth-order valence-electron chi connectivity index (χ4n) is 2.01. The van der Waals surface area contributed by atoms with Crippen LogP contribution in [0.2, 0.25) is 0 Å². The summed E-state index contributed by atoms with van der Waals surface area (Å²) in [6.07, 6.45) is 2.49. The van der Waals surface area contributed by atoms with Gasteiger partial charge in [0.2, 0.25) is 0 Å². The number of aryl methyl sites for hydroxylation is 1. The molecule has 1 saturated heterocycles. The zero-order valence-electron chi connectivity index (χ0n) is 11.6. The molecule has 3 nitrogen and oxygen atoms in total. The average Bonchev–Trinajstić information content (AvgIpc) is 2.31. The van der Waals surface area contributed by atoms with Crippen LogP contribution in [0.4, 0.5) is 5.82 Å². The summed E-state index contributed by atoms with van der Waals surface area (Å²) in [6.45, 7) is 12.1. The van der Waals surface area contributed by atoms with Crippen LogP contribution in [0.1, 0.15) is 33.3 Å². The Morgan fingerprint density at radius 1 is 1.18 bits per heavy atom. The molecule has 0 aromatic carbocycles. The Balaban J connectivity index is 0.000000686. The first-order valence-corrected chi connectivity index (χ1v) is 6.48. The van der Waals surface area contributed by atoms with Gasteiger partial charge >= 0.3 is 0 Å². The molecule has 0 aliphatic carbocycles. The largest absolute Gasteiger partial charge is 0.372 e. The molecular weight excluding hydrogens is 212 g/mol. The van der Waals surface area contributed by atoms with Crippen LogP contribution in [0.15, 0.2) is 18.3 Å². The SMILES string of the molecule is CC.Cc1ccc(N2CC(C)OC(C)C2)nc1. The van der Waals surface area contributed by atoms with Gasteiger partial charge in [0.25, 0.3) is 0 Å². The maximum absolute atomic E-state index is 5.69. The fraction of sp³-hybridized carbons (Fsp3) is 0.643. The highest BCUT2D eigenvalue weighted by atomic mass is 16.5. The summed E-state index contributed by atoms with van der Waals surface area (Å²) in [5, 5.41) is 0. The van der Waals surface area contributed by atoms with Crippen molar-refractivity contribution in [3.8, 4) is 0 Å². The van der Waals surface area contributed by atoms with Gasteiger partial charge in [-0.25, -0.2) is 4.98 Å². The molecule has 17 heavy (non-hydrogen) atoms.